The Kier molecular flexibility index (Phi) is 6.69. The van der Waals surface area contributed by atoms with Crippen LogP contribution in [0.5, 0.6) is 5.75 Å². The number of ether oxygens (including phenoxy) is 1. The fourth-order valence-electron chi connectivity index (χ4n) is 3.75. The maximum atomic E-state index is 13.5. The number of fused-ring (bicyclic) bond motifs is 1. The van der Waals surface area contributed by atoms with Crippen molar-refractivity contribution in [1.29, 1.82) is 0 Å². The Labute approximate surface area is 192 Å². The lowest BCUT2D eigenvalue weighted by atomic mass is 10.0. The maximum absolute atomic E-state index is 13.5. The molecule has 2 heterocycles. The summed E-state index contributed by atoms with van der Waals surface area (Å²) in [7, 11) is 0. The molecule has 0 saturated heterocycles. The molecule has 0 aliphatic carbocycles. The molecule has 2 aromatic carbocycles. The van der Waals surface area contributed by atoms with E-state index in [4.69, 9.17) is 4.74 Å². The minimum Gasteiger partial charge on any atom is -0.494 e. The van der Waals surface area contributed by atoms with E-state index >= 15 is 0 Å². The van der Waals surface area contributed by atoms with Crippen LogP contribution in [0.2, 0.25) is 0 Å². The van der Waals surface area contributed by atoms with E-state index in [9.17, 15) is 4.79 Å². The SMILES string of the molecule is CCCc1nnc2n1NC(c1ccc(OCC)cc1)C(C(=O)Nc1cc(C)ccc1C)S2. The van der Waals surface area contributed by atoms with Gasteiger partial charge in [0.15, 0.2) is 5.82 Å². The van der Waals surface area contributed by atoms with Gasteiger partial charge < -0.3 is 15.5 Å². The first-order chi connectivity index (χ1) is 15.5. The van der Waals surface area contributed by atoms with Gasteiger partial charge in [0.2, 0.25) is 11.1 Å². The highest BCUT2D eigenvalue weighted by molar-refractivity contribution is 8.00. The van der Waals surface area contributed by atoms with E-state index in [1.54, 1.807) is 0 Å². The predicted octanol–water partition coefficient (Wildman–Crippen LogP) is 4.64. The number of thioether (sulfide) groups is 1. The summed E-state index contributed by atoms with van der Waals surface area (Å²) < 4.78 is 7.52. The largest absolute Gasteiger partial charge is 0.494 e. The summed E-state index contributed by atoms with van der Waals surface area (Å²) in [6, 6.07) is 13.7. The van der Waals surface area contributed by atoms with Gasteiger partial charge in [0.05, 0.1) is 12.6 Å². The van der Waals surface area contributed by atoms with Crippen molar-refractivity contribution in [3.05, 3.63) is 65.0 Å². The third-order valence-corrected chi connectivity index (χ3v) is 6.65. The average molecular weight is 452 g/mol. The Morgan fingerprint density at radius 3 is 2.66 bits per heavy atom. The number of benzene rings is 2. The Morgan fingerprint density at radius 1 is 1.16 bits per heavy atom. The van der Waals surface area contributed by atoms with Gasteiger partial charge in [-0.2, -0.15) is 0 Å². The topological polar surface area (TPSA) is 81.1 Å². The number of nitrogens with one attached hydrogen (secondary N) is 2. The molecule has 1 aromatic heterocycles. The molecule has 0 bridgehead atoms. The fourth-order valence-corrected chi connectivity index (χ4v) is 4.85. The number of hydrogen-bond acceptors (Lipinski definition) is 6. The smallest absolute Gasteiger partial charge is 0.240 e. The molecule has 1 aliphatic rings. The standard InChI is InChI=1S/C24H29N5O2S/c1-5-7-20-26-27-24-29(20)28-21(17-10-12-18(13-11-17)31-6-2)22(32-24)23(30)25-19-14-15(3)8-9-16(19)4/h8-14,21-22,28H,5-7H2,1-4H3,(H,25,30). The van der Waals surface area contributed by atoms with Gasteiger partial charge in [-0.1, -0.05) is 43.0 Å². The first-order valence-corrected chi connectivity index (χ1v) is 11.9. The zero-order valence-corrected chi connectivity index (χ0v) is 19.7. The molecular weight excluding hydrogens is 422 g/mol. The molecule has 0 fully saturated rings. The summed E-state index contributed by atoms with van der Waals surface area (Å²) in [6.45, 7) is 8.71. The number of carbonyl (C=O) groups is 1. The molecule has 2 N–H and O–H groups in total. The van der Waals surface area contributed by atoms with Crippen LogP contribution in [0.25, 0.3) is 0 Å². The molecule has 0 spiro atoms. The number of aryl methyl sites for hydroxylation is 3. The van der Waals surface area contributed by atoms with Crippen LogP contribution in [-0.4, -0.2) is 32.6 Å². The predicted molar refractivity (Wildman–Crippen MR) is 128 cm³/mol. The molecule has 32 heavy (non-hydrogen) atoms. The summed E-state index contributed by atoms with van der Waals surface area (Å²) in [5, 5.41) is 12.1. The summed E-state index contributed by atoms with van der Waals surface area (Å²) in [6.07, 6.45) is 1.78. The number of amides is 1. The van der Waals surface area contributed by atoms with Crippen molar-refractivity contribution in [3.63, 3.8) is 0 Å². The molecule has 2 atom stereocenters. The first kappa shape index (κ1) is 22.2. The average Bonchev–Trinajstić information content (AvgIpc) is 3.18. The van der Waals surface area contributed by atoms with E-state index in [0.29, 0.717) is 11.8 Å². The van der Waals surface area contributed by atoms with Crippen LogP contribution in [0, 0.1) is 13.8 Å². The quantitative estimate of drug-likeness (QED) is 0.545. The van der Waals surface area contributed by atoms with Crippen molar-refractivity contribution in [1.82, 2.24) is 14.9 Å². The van der Waals surface area contributed by atoms with E-state index in [0.717, 1.165) is 46.8 Å². The molecule has 7 nitrogen and oxygen atoms in total. The van der Waals surface area contributed by atoms with Crippen molar-refractivity contribution < 1.29 is 9.53 Å². The van der Waals surface area contributed by atoms with Crippen molar-refractivity contribution in [2.45, 2.75) is 57.0 Å². The highest BCUT2D eigenvalue weighted by Gasteiger charge is 2.38. The van der Waals surface area contributed by atoms with Crippen molar-refractivity contribution >= 4 is 23.4 Å². The summed E-state index contributed by atoms with van der Waals surface area (Å²) in [5.41, 5.74) is 7.48. The lowest BCUT2D eigenvalue weighted by Crippen LogP contribution is -2.41. The van der Waals surface area contributed by atoms with E-state index in [2.05, 4.69) is 27.9 Å². The summed E-state index contributed by atoms with van der Waals surface area (Å²) in [4.78, 5) is 13.5. The summed E-state index contributed by atoms with van der Waals surface area (Å²) >= 11 is 1.44. The number of carbonyl (C=O) groups excluding carboxylic acids is 1. The van der Waals surface area contributed by atoms with Crippen LogP contribution in [0.1, 0.15) is 48.8 Å². The molecule has 1 amide bonds. The Hall–Kier alpha value is -3.00. The van der Waals surface area contributed by atoms with Gasteiger partial charge in [-0.25, -0.2) is 4.68 Å². The van der Waals surface area contributed by atoms with Gasteiger partial charge in [-0.15, -0.1) is 10.2 Å². The Balaban J connectivity index is 1.66. The molecule has 1 aliphatic heterocycles. The second kappa shape index (κ2) is 9.65. The molecule has 3 aromatic rings. The monoisotopic (exact) mass is 451 g/mol. The zero-order chi connectivity index (χ0) is 22.7. The van der Waals surface area contributed by atoms with E-state index in [1.165, 1.54) is 11.8 Å². The Bertz CT molecular complexity index is 1100. The second-order valence-corrected chi connectivity index (χ2v) is 9.05. The van der Waals surface area contributed by atoms with Crippen LogP contribution in [0.15, 0.2) is 47.6 Å². The number of anilines is 1. The highest BCUT2D eigenvalue weighted by Crippen LogP contribution is 2.38. The van der Waals surface area contributed by atoms with Gasteiger partial charge in [-0.3, -0.25) is 4.79 Å². The van der Waals surface area contributed by atoms with Gasteiger partial charge >= 0.3 is 0 Å². The van der Waals surface area contributed by atoms with Gasteiger partial charge in [-0.05, 0) is 62.1 Å². The number of hydrogen-bond donors (Lipinski definition) is 2. The normalized spacial score (nSPS) is 17.4. The molecule has 4 rings (SSSR count). The van der Waals surface area contributed by atoms with E-state index in [-0.39, 0.29) is 11.9 Å². The third kappa shape index (κ3) is 4.60. The highest BCUT2D eigenvalue weighted by atomic mass is 32.2. The second-order valence-electron chi connectivity index (χ2n) is 7.94. The third-order valence-electron chi connectivity index (χ3n) is 5.44. The van der Waals surface area contributed by atoms with Gasteiger partial charge in [0.25, 0.3) is 0 Å². The minimum atomic E-state index is -0.418. The first-order valence-electron chi connectivity index (χ1n) is 11.0. The fraction of sp³-hybridized carbons (Fsp3) is 0.375. The summed E-state index contributed by atoms with van der Waals surface area (Å²) in [5.74, 6) is 1.62. The van der Waals surface area contributed by atoms with Crippen molar-refractivity contribution in [3.8, 4) is 5.75 Å². The van der Waals surface area contributed by atoms with E-state index in [1.807, 2.05) is 67.9 Å². The number of aromatic nitrogens is 3. The molecule has 0 radical (unpaired) electrons. The van der Waals surface area contributed by atoms with Crippen molar-refractivity contribution in [2.75, 3.05) is 17.3 Å². The van der Waals surface area contributed by atoms with Gasteiger partial charge in [0.1, 0.15) is 11.0 Å². The molecular formula is C24H29N5O2S. The van der Waals surface area contributed by atoms with Crippen LogP contribution in [0.3, 0.4) is 0 Å². The van der Waals surface area contributed by atoms with E-state index < -0.39 is 5.25 Å². The van der Waals surface area contributed by atoms with Crippen molar-refractivity contribution in [2.24, 2.45) is 0 Å². The lowest BCUT2D eigenvalue weighted by molar-refractivity contribution is -0.116. The van der Waals surface area contributed by atoms with Crippen LogP contribution in [-0.2, 0) is 11.2 Å². The van der Waals surface area contributed by atoms with Gasteiger partial charge in [0, 0.05) is 12.1 Å². The molecule has 168 valence electrons. The molecule has 2 unspecified atom stereocenters. The zero-order valence-electron chi connectivity index (χ0n) is 18.9. The minimum absolute atomic E-state index is 0.0682. The van der Waals surface area contributed by atoms with Crippen LogP contribution in [0.4, 0.5) is 5.69 Å². The number of rotatable bonds is 7. The Morgan fingerprint density at radius 2 is 1.94 bits per heavy atom. The molecule has 0 saturated carbocycles. The van der Waals surface area contributed by atoms with Crippen LogP contribution < -0.4 is 15.5 Å². The lowest BCUT2D eigenvalue weighted by Gasteiger charge is -2.33. The molecule has 8 heteroatoms. The maximum Gasteiger partial charge on any atom is 0.240 e. The number of nitrogens with zero attached hydrogens (tertiary/aromatic N) is 3. The van der Waals surface area contributed by atoms with Crippen LogP contribution >= 0.6 is 11.8 Å².